The smallest absolute Gasteiger partial charge is 0.231 e. The number of nitrogens with one attached hydrogen (secondary N) is 1. The molecule has 1 fully saturated rings. The summed E-state index contributed by atoms with van der Waals surface area (Å²) in [5.41, 5.74) is 1.06. The summed E-state index contributed by atoms with van der Waals surface area (Å²) in [6, 6.07) is 5.92. The molecule has 3 rings (SSSR count). The minimum absolute atomic E-state index is 0.0586. The van der Waals surface area contributed by atoms with Gasteiger partial charge in [-0.05, 0) is 50.8 Å². The summed E-state index contributed by atoms with van der Waals surface area (Å²) in [6.07, 6.45) is 2.84. The Morgan fingerprint density at radius 3 is 2.88 bits per heavy atom. The van der Waals surface area contributed by atoms with Crippen molar-refractivity contribution in [3.8, 4) is 11.5 Å². The molecule has 1 unspecified atom stereocenters. The van der Waals surface area contributed by atoms with Crippen LogP contribution in [0.2, 0.25) is 0 Å². The number of carbonyl (C=O) groups is 2. The zero-order chi connectivity index (χ0) is 17.8. The van der Waals surface area contributed by atoms with E-state index in [4.69, 9.17) is 9.47 Å². The van der Waals surface area contributed by atoms with Gasteiger partial charge in [0.15, 0.2) is 11.5 Å². The van der Waals surface area contributed by atoms with Gasteiger partial charge in [0.1, 0.15) is 0 Å². The molecule has 25 heavy (non-hydrogen) atoms. The van der Waals surface area contributed by atoms with Crippen LogP contribution in [0.5, 0.6) is 11.5 Å². The number of benzene rings is 1. The van der Waals surface area contributed by atoms with Gasteiger partial charge in [-0.2, -0.15) is 0 Å². The Hall–Kier alpha value is -2.24. The van der Waals surface area contributed by atoms with E-state index in [1.807, 2.05) is 36.9 Å². The molecule has 1 aromatic rings. The molecule has 0 bridgehead atoms. The normalized spacial score (nSPS) is 19.2. The van der Waals surface area contributed by atoms with Crippen molar-refractivity contribution in [2.45, 2.75) is 45.6 Å². The van der Waals surface area contributed by atoms with Crippen LogP contribution in [0.15, 0.2) is 18.2 Å². The van der Waals surface area contributed by atoms with Gasteiger partial charge >= 0.3 is 0 Å². The van der Waals surface area contributed by atoms with E-state index in [0.717, 1.165) is 36.4 Å². The van der Waals surface area contributed by atoms with Gasteiger partial charge in [0.05, 0.1) is 5.92 Å². The second-order valence-electron chi connectivity index (χ2n) is 7.03. The number of hydrogen-bond acceptors (Lipinski definition) is 4. The second kappa shape index (κ2) is 7.76. The van der Waals surface area contributed by atoms with Gasteiger partial charge in [0.25, 0.3) is 0 Å². The van der Waals surface area contributed by atoms with Crippen LogP contribution in [0.1, 0.15) is 38.7 Å². The zero-order valence-corrected chi connectivity index (χ0v) is 14.9. The van der Waals surface area contributed by atoms with Crippen LogP contribution in [-0.4, -0.2) is 42.6 Å². The monoisotopic (exact) mass is 346 g/mol. The molecule has 1 N–H and O–H groups in total. The van der Waals surface area contributed by atoms with Crippen LogP contribution in [0.3, 0.4) is 0 Å². The number of rotatable bonds is 5. The molecule has 0 saturated carbocycles. The van der Waals surface area contributed by atoms with Gasteiger partial charge in [-0.3, -0.25) is 9.59 Å². The fourth-order valence-corrected chi connectivity index (χ4v) is 3.33. The molecule has 136 valence electrons. The Kier molecular flexibility index (Phi) is 5.46. The van der Waals surface area contributed by atoms with Gasteiger partial charge in [0, 0.05) is 25.6 Å². The first-order valence-electron chi connectivity index (χ1n) is 8.99. The summed E-state index contributed by atoms with van der Waals surface area (Å²) in [7, 11) is 0. The molecular weight excluding hydrogens is 320 g/mol. The quantitative estimate of drug-likeness (QED) is 0.887. The summed E-state index contributed by atoms with van der Waals surface area (Å²) in [6.45, 7) is 5.43. The van der Waals surface area contributed by atoms with Crippen LogP contribution < -0.4 is 14.8 Å². The lowest BCUT2D eigenvalue weighted by Gasteiger charge is -2.32. The van der Waals surface area contributed by atoms with E-state index in [2.05, 4.69) is 5.32 Å². The highest BCUT2D eigenvalue weighted by molar-refractivity contribution is 5.81. The Balaban J connectivity index is 1.51. The van der Waals surface area contributed by atoms with E-state index in [1.54, 1.807) is 0 Å². The number of ether oxygens (including phenoxy) is 2. The van der Waals surface area contributed by atoms with Crippen molar-refractivity contribution < 1.29 is 19.1 Å². The molecule has 0 radical (unpaired) electrons. The molecule has 0 spiro atoms. The first-order valence-corrected chi connectivity index (χ1v) is 8.99. The van der Waals surface area contributed by atoms with Gasteiger partial charge in [-0.25, -0.2) is 0 Å². The Morgan fingerprint density at radius 2 is 2.08 bits per heavy atom. The molecule has 2 amide bonds. The number of piperidine rings is 1. The van der Waals surface area contributed by atoms with Crippen LogP contribution in [-0.2, 0) is 16.0 Å². The number of hydrogen-bond donors (Lipinski definition) is 1. The molecule has 0 aromatic heterocycles. The highest BCUT2D eigenvalue weighted by atomic mass is 16.7. The summed E-state index contributed by atoms with van der Waals surface area (Å²) in [5.74, 6) is 1.58. The van der Waals surface area contributed by atoms with Crippen molar-refractivity contribution in [2.24, 2.45) is 5.92 Å². The fourth-order valence-electron chi connectivity index (χ4n) is 3.33. The Labute approximate surface area is 148 Å². The van der Waals surface area contributed by atoms with E-state index in [0.29, 0.717) is 19.4 Å². The third-order valence-corrected chi connectivity index (χ3v) is 4.64. The minimum atomic E-state index is -0.0920. The molecule has 2 aliphatic heterocycles. The minimum Gasteiger partial charge on any atom is -0.454 e. The van der Waals surface area contributed by atoms with E-state index in [-0.39, 0.29) is 30.6 Å². The molecule has 6 nitrogen and oxygen atoms in total. The highest BCUT2D eigenvalue weighted by Gasteiger charge is 2.28. The molecule has 6 heteroatoms. The van der Waals surface area contributed by atoms with Crippen LogP contribution >= 0.6 is 0 Å². The average molecular weight is 346 g/mol. The van der Waals surface area contributed by atoms with E-state index < -0.39 is 0 Å². The van der Waals surface area contributed by atoms with Gasteiger partial charge in [-0.15, -0.1) is 0 Å². The molecule has 2 heterocycles. The molecule has 0 aliphatic carbocycles. The predicted molar refractivity (Wildman–Crippen MR) is 93.5 cm³/mol. The van der Waals surface area contributed by atoms with Crippen LogP contribution in [0, 0.1) is 5.92 Å². The lowest BCUT2D eigenvalue weighted by atomic mass is 9.96. The average Bonchev–Trinajstić information content (AvgIpc) is 3.07. The largest absolute Gasteiger partial charge is 0.454 e. The van der Waals surface area contributed by atoms with E-state index >= 15 is 0 Å². The van der Waals surface area contributed by atoms with Gasteiger partial charge in [-0.1, -0.05) is 6.07 Å². The molecule has 2 aliphatic rings. The van der Waals surface area contributed by atoms with E-state index in [9.17, 15) is 9.59 Å². The Bertz CT molecular complexity index is 644. The lowest BCUT2D eigenvalue weighted by molar-refractivity contribution is -0.135. The maximum Gasteiger partial charge on any atom is 0.231 e. The summed E-state index contributed by atoms with van der Waals surface area (Å²) in [4.78, 5) is 26.6. The number of nitrogens with zero attached hydrogens (tertiary/aromatic N) is 1. The third kappa shape index (κ3) is 4.44. The molecular formula is C19H26N2O4. The zero-order valence-electron chi connectivity index (χ0n) is 14.9. The molecule has 1 aromatic carbocycles. The summed E-state index contributed by atoms with van der Waals surface area (Å²) >= 11 is 0. The number of likely N-dealkylation sites (tertiary alicyclic amines) is 1. The predicted octanol–water partition coefficient (Wildman–Crippen LogP) is 2.11. The summed E-state index contributed by atoms with van der Waals surface area (Å²) in [5, 5.41) is 2.95. The van der Waals surface area contributed by atoms with Crippen molar-refractivity contribution >= 4 is 11.8 Å². The van der Waals surface area contributed by atoms with Gasteiger partial charge < -0.3 is 19.7 Å². The number of amides is 2. The van der Waals surface area contributed by atoms with Gasteiger partial charge in [0.2, 0.25) is 18.6 Å². The second-order valence-corrected chi connectivity index (χ2v) is 7.03. The number of carbonyl (C=O) groups excluding carboxylic acids is 2. The SMILES string of the molecule is CC(C)NC(=O)C1CCCN(C(=O)CCc2ccc3c(c2)OCO3)C1. The number of aryl methyl sites for hydroxylation is 1. The van der Waals surface area contributed by atoms with Crippen molar-refractivity contribution in [2.75, 3.05) is 19.9 Å². The first-order chi connectivity index (χ1) is 12.0. The standard InChI is InChI=1S/C19H26N2O4/c1-13(2)20-19(23)15-4-3-9-21(11-15)18(22)8-6-14-5-7-16-17(10-14)25-12-24-16/h5,7,10,13,15H,3-4,6,8-9,11-12H2,1-2H3,(H,20,23). The van der Waals surface area contributed by atoms with Crippen molar-refractivity contribution in [1.29, 1.82) is 0 Å². The lowest BCUT2D eigenvalue weighted by Crippen LogP contribution is -2.46. The van der Waals surface area contributed by atoms with Crippen molar-refractivity contribution in [1.82, 2.24) is 10.2 Å². The topological polar surface area (TPSA) is 67.9 Å². The number of fused-ring (bicyclic) bond motifs is 1. The molecule has 1 atom stereocenters. The summed E-state index contributed by atoms with van der Waals surface area (Å²) < 4.78 is 10.7. The first kappa shape index (κ1) is 17.6. The van der Waals surface area contributed by atoms with Crippen molar-refractivity contribution in [3.05, 3.63) is 23.8 Å². The van der Waals surface area contributed by atoms with Crippen molar-refractivity contribution in [3.63, 3.8) is 0 Å². The fraction of sp³-hybridized carbons (Fsp3) is 0.579. The van der Waals surface area contributed by atoms with Crippen LogP contribution in [0.25, 0.3) is 0 Å². The molecule has 1 saturated heterocycles. The van der Waals surface area contributed by atoms with Crippen LogP contribution in [0.4, 0.5) is 0 Å². The Morgan fingerprint density at radius 1 is 1.28 bits per heavy atom. The van der Waals surface area contributed by atoms with E-state index in [1.165, 1.54) is 0 Å². The third-order valence-electron chi connectivity index (χ3n) is 4.64. The maximum atomic E-state index is 12.5. The highest BCUT2D eigenvalue weighted by Crippen LogP contribution is 2.32. The maximum absolute atomic E-state index is 12.5.